The van der Waals surface area contributed by atoms with Crippen molar-refractivity contribution in [3.63, 3.8) is 0 Å². The van der Waals surface area contributed by atoms with Crippen molar-refractivity contribution in [3.05, 3.63) is 80.7 Å². The molecule has 1 aliphatic rings. The van der Waals surface area contributed by atoms with Gasteiger partial charge in [0.05, 0.1) is 12.6 Å². The monoisotopic (exact) mass is 438 g/mol. The molecule has 0 radical (unpaired) electrons. The maximum Gasteiger partial charge on any atom is 0.336 e. The first kappa shape index (κ1) is 20.8. The number of carbonyl (C=O) groups is 3. The number of benzene rings is 2. The largest absolute Gasteiger partial charge is 0.423 e. The summed E-state index contributed by atoms with van der Waals surface area (Å²) in [6.45, 7) is 3.36. The summed E-state index contributed by atoms with van der Waals surface area (Å²) in [4.78, 5) is 52.1. The van der Waals surface area contributed by atoms with Gasteiger partial charge in [0.1, 0.15) is 5.58 Å². The third kappa shape index (κ3) is 3.61. The van der Waals surface area contributed by atoms with Crippen molar-refractivity contribution >= 4 is 40.4 Å². The minimum atomic E-state index is -0.939. The number of carbonyl (C=O) groups excluding carboxylic acids is 3. The van der Waals surface area contributed by atoms with Crippen LogP contribution in [-0.2, 0) is 22.6 Å². The summed E-state index contributed by atoms with van der Waals surface area (Å²) >= 11 is 6.32. The van der Waals surface area contributed by atoms with Gasteiger partial charge in [-0.1, -0.05) is 48.9 Å². The van der Waals surface area contributed by atoms with Crippen LogP contribution in [0.3, 0.4) is 0 Å². The summed E-state index contributed by atoms with van der Waals surface area (Å²) in [6, 6.07) is 12.1. The molecule has 0 bridgehead atoms. The van der Waals surface area contributed by atoms with Crippen LogP contribution in [0.25, 0.3) is 11.0 Å². The number of urea groups is 1. The summed E-state index contributed by atoms with van der Waals surface area (Å²) in [7, 11) is 0. The summed E-state index contributed by atoms with van der Waals surface area (Å²) < 4.78 is 5.28. The first-order valence-electron chi connectivity index (χ1n) is 9.81. The third-order valence-electron chi connectivity index (χ3n) is 5.46. The highest BCUT2D eigenvalue weighted by Crippen LogP contribution is 2.30. The van der Waals surface area contributed by atoms with E-state index in [-0.39, 0.29) is 6.54 Å². The average molecular weight is 439 g/mol. The van der Waals surface area contributed by atoms with Crippen LogP contribution < -0.4 is 5.63 Å². The Bertz CT molecular complexity index is 1270. The minimum Gasteiger partial charge on any atom is -0.423 e. The second kappa shape index (κ2) is 8.00. The van der Waals surface area contributed by atoms with Crippen LogP contribution in [-0.4, -0.2) is 27.6 Å². The molecule has 31 heavy (non-hydrogen) atoms. The highest BCUT2D eigenvalue weighted by atomic mass is 35.5. The molecule has 1 unspecified atom stereocenters. The number of rotatable bonds is 5. The standard InChI is InChI=1S/C23H19ClN2O5/c1-3-14-9-19-17(11-18(14)24)16(10-20(27)31-19)12-25-21(28)22(29)26(23(25)30)13(2)15-7-5-4-6-8-15/h4-11,13H,3,12H2,1-2H3. The van der Waals surface area contributed by atoms with Crippen LogP contribution in [0.4, 0.5) is 4.79 Å². The highest BCUT2D eigenvalue weighted by Gasteiger charge is 2.47. The zero-order chi connectivity index (χ0) is 22.3. The van der Waals surface area contributed by atoms with Crippen molar-refractivity contribution in [2.75, 3.05) is 0 Å². The normalized spacial score (nSPS) is 15.3. The molecule has 2 heterocycles. The number of aryl methyl sites for hydroxylation is 1. The van der Waals surface area contributed by atoms with E-state index in [1.165, 1.54) is 6.07 Å². The van der Waals surface area contributed by atoms with Crippen molar-refractivity contribution in [1.29, 1.82) is 0 Å². The lowest BCUT2D eigenvalue weighted by atomic mass is 10.1. The highest BCUT2D eigenvalue weighted by molar-refractivity contribution is 6.44. The lowest BCUT2D eigenvalue weighted by Crippen LogP contribution is -2.35. The fourth-order valence-corrected chi connectivity index (χ4v) is 4.04. The molecule has 0 spiro atoms. The minimum absolute atomic E-state index is 0.245. The van der Waals surface area contributed by atoms with Gasteiger partial charge >= 0.3 is 23.5 Å². The number of nitrogens with zero attached hydrogens (tertiary/aromatic N) is 2. The number of hydrogen-bond acceptors (Lipinski definition) is 5. The van der Waals surface area contributed by atoms with Gasteiger partial charge in [-0.15, -0.1) is 0 Å². The molecule has 4 amide bonds. The molecule has 8 heteroatoms. The van der Waals surface area contributed by atoms with Crippen molar-refractivity contribution in [1.82, 2.24) is 9.80 Å². The van der Waals surface area contributed by atoms with Gasteiger partial charge in [0.25, 0.3) is 0 Å². The maximum absolute atomic E-state index is 13.0. The van der Waals surface area contributed by atoms with E-state index in [1.807, 2.05) is 13.0 Å². The Kier molecular flexibility index (Phi) is 5.37. The Labute approximate surface area is 182 Å². The molecular weight excluding hydrogens is 420 g/mol. The van der Waals surface area contributed by atoms with Crippen LogP contribution in [0.2, 0.25) is 5.02 Å². The molecule has 0 aliphatic carbocycles. The molecule has 158 valence electrons. The van der Waals surface area contributed by atoms with E-state index in [4.69, 9.17) is 16.0 Å². The van der Waals surface area contributed by atoms with Gasteiger partial charge in [0, 0.05) is 16.5 Å². The number of fused-ring (bicyclic) bond motifs is 1. The zero-order valence-corrected chi connectivity index (χ0v) is 17.7. The summed E-state index contributed by atoms with van der Waals surface area (Å²) in [5.41, 5.74) is 1.60. The van der Waals surface area contributed by atoms with Gasteiger partial charge in [-0.25, -0.2) is 14.5 Å². The molecule has 3 aromatic rings. The first-order valence-corrected chi connectivity index (χ1v) is 10.2. The van der Waals surface area contributed by atoms with Crippen LogP contribution in [0.15, 0.2) is 57.7 Å². The number of halogens is 1. The average Bonchev–Trinajstić information content (AvgIpc) is 2.97. The maximum atomic E-state index is 13.0. The summed E-state index contributed by atoms with van der Waals surface area (Å²) in [5, 5.41) is 0.990. The topological polar surface area (TPSA) is 87.9 Å². The fraction of sp³-hybridized carbons (Fsp3) is 0.217. The van der Waals surface area contributed by atoms with Gasteiger partial charge < -0.3 is 4.42 Å². The van der Waals surface area contributed by atoms with E-state index >= 15 is 0 Å². The SMILES string of the molecule is CCc1cc2oc(=O)cc(CN3C(=O)C(=O)N(C(C)c4ccccc4)C3=O)c2cc1Cl. The molecular formula is C23H19ClN2O5. The lowest BCUT2D eigenvalue weighted by Gasteiger charge is -2.22. The molecule has 1 fully saturated rings. The quantitative estimate of drug-likeness (QED) is 0.340. The van der Waals surface area contributed by atoms with Gasteiger partial charge in [-0.3, -0.25) is 14.5 Å². The molecule has 0 N–H and O–H groups in total. The van der Waals surface area contributed by atoms with E-state index in [0.717, 1.165) is 20.9 Å². The number of amides is 4. The van der Waals surface area contributed by atoms with Gasteiger partial charge in [0.2, 0.25) is 0 Å². The zero-order valence-electron chi connectivity index (χ0n) is 16.9. The van der Waals surface area contributed by atoms with Crippen LogP contribution in [0.1, 0.15) is 36.6 Å². The van der Waals surface area contributed by atoms with Gasteiger partial charge in [-0.2, -0.15) is 0 Å². The smallest absolute Gasteiger partial charge is 0.336 e. The molecule has 1 atom stereocenters. The predicted octanol–water partition coefficient (Wildman–Crippen LogP) is 4.06. The summed E-state index contributed by atoms with van der Waals surface area (Å²) in [5.74, 6) is -1.84. The predicted molar refractivity (Wildman–Crippen MR) is 115 cm³/mol. The Morgan fingerprint density at radius 3 is 2.35 bits per heavy atom. The van der Waals surface area contributed by atoms with E-state index < -0.39 is 29.5 Å². The lowest BCUT2D eigenvalue weighted by molar-refractivity contribution is -0.144. The second-order valence-corrected chi connectivity index (χ2v) is 7.73. The first-order chi connectivity index (χ1) is 14.8. The van der Waals surface area contributed by atoms with E-state index in [1.54, 1.807) is 43.3 Å². The molecule has 1 aliphatic heterocycles. The van der Waals surface area contributed by atoms with Gasteiger partial charge in [0.15, 0.2) is 0 Å². The van der Waals surface area contributed by atoms with E-state index in [2.05, 4.69) is 0 Å². The Balaban J connectivity index is 1.71. The second-order valence-electron chi connectivity index (χ2n) is 7.32. The van der Waals surface area contributed by atoms with E-state index in [0.29, 0.717) is 28.0 Å². The van der Waals surface area contributed by atoms with Gasteiger partial charge in [-0.05, 0) is 42.2 Å². The molecule has 2 aromatic carbocycles. The Hall–Kier alpha value is -3.45. The molecule has 7 nitrogen and oxygen atoms in total. The van der Waals surface area contributed by atoms with Crippen molar-refractivity contribution < 1.29 is 18.8 Å². The molecule has 4 rings (SSSR count). The third-order valence-corrected chi connectivity index (χ3v) is 5.81. The van der Waals surface area contributed by atoms with Crippen molar-refractivity contribution in [2.45, 2.75) is 32.9 Å². The van der Waals surface area contributed by atoms with Crippen molar-refractivity contribution in [3.8, 4) is 0 Å². The summed E-state index contributed by atoms with van der Waals surface area (Å²) in [6.07, 6.45) is 0.645. The molecule has 1 saturated heterocycles. The van der Waals surface area contributed by atoms with E-state index in [9.17, 15) is 19.2 Å². The Morgan fingerprint density at radius 1 is 0.968 bits per heavy atom. The molecule has 1 aromatic heterocycles. The molecule has 0 saturated carbocycles. The van der Waals surface area contributed by atoms with Crippen molar-refractivity contribution in [2.24, 2.45) is 0 Å². The van der Waals surface area contributed by atoms with Crippen LogP contribution in [0.5, 0.6) is 0 Å². The number of imide groups is 2. The fourth-order valence-electron chi connectivity index (χ4n) is 3.74. The number of hydrogen-bond donors (Lipinski definition) is 0. The van der Waals surface area contributed by atoms with Crippen LogP contribution in [0, 0.1) is 0 Å². The van der Waals surface area contributed by atoms with Crippen LogP contribution >= 0.6 is 11.6 Å². The Morgan fingerprint density at radius 2 is 1.68 bits per heavy atom.